The van der Waals surface area contributed by atoms with Crippen molar-refractivity contribution in [1.29, 1.82) is 0 Å². The van der Waals surface area contributed by atoms with Crippen LogP contribution in [0.1, 0.15) is 45.7 Å². The van der Waals surface area contributed by atoms with Gasteiger partial charge in [-0.1, -0.05) is 90.7 Å². The highest BCUT2D eigenvalue weighted by Crippen LogP contribution is 2.45. The van der Waals surface area contributed by atoms with Crippen molar-refractivity contribution in [2.75, 3.05) is 7.11 Å². The van der Waals surface area contributed by atoms with Gasteiger partial charge in [0.1, 0.15) is 5.75 Å². The standard InChI is InChI=1S/C22H34OSi/c1-21(2,3)18-11-10-12-19(20(18)23-6)22(4,5)16-13-14-17(15-16)24(7,8)9/h10-15,17H,1-9H3. The van der Waals surface area contributed by atoms with Gasteiger partial charge in [-0.3, -0.25) is 0 Å². The van der Waals surface area contributed by atoms with Gasteiger partial charge in [-0.05, 0) is 22.1 Å². The summed E-state index contributed by atoms with van der Waals surface area (Å²) in [4.78, 5) is 0. The van der Waals surface area contributed by atoms with E-state index < -0.39 is 8.07 Å². The molecule has 24 heavy (non-hydrogen) atoms. The number of allylic oxidation sites excluding steroid dienone is 4. The number of benzene rings is 1. The van der Waals surface area contributed by atoms with Crippen molar-refractivity contribution in [3.05, 3.63) is 53.1 Å². The average Bonchev–Trinajstić information content (AvgIpc) is 2.96. The van der Waals surface area contributed by atoms with Gasteiger partial charge < -0.3 is 4.74 Å². The molecule has 0 aromatic heterocycles. The largest absolute Gasteiger partial charge is 0.496 e. The molecule has 0 saturated heterocycles. The Labute approximate surface area is 149 Å². The van der Waals surface area contributed by atoms with E-state index in [0.29, 0.717) is 5.54 Å². The van der Waals surface area contributed by atoms with Gasteiger partial charge in [0, 0.05) is 11.0 Å². The maximum atomic E-state index is 5.90. The quantitative estimate of drug-likeness (QED) is 0.569. The third kappa shape index (κ3) is 3.54. The zero-order chi connectivity index (χ0) is 18.3. The van der Waals surface area contributed by atoms with Crippen LogP contribution in [0.25, 0.3) is 0 Å². The topological polar surface area (TPSA) is 9.23 Å². The summed E-state index contributed by atoms with van der Waals surface area (Å²) in [6, 6.07) is 6.60. The molecular weight excluding hydrogens is 308 g/mol. The molecule has 0 radical (unpaired) electrons. The van der Waals surface area contributed by atoms with Crippen molar-refractivity contribution in [3.63, 3.8) is 0 Å². The molecule has 132 valence electrons. The molecule has 1 aromatic rings. The summed E-state index contributed by atoms with van der Waals surface area (Å²) >= 11 is 0. The maximum Gasteiger partial charge on any atom is 0.126 e. The van der Waals surface area contributed by atoms with Gasteiger partial charge in [-0.15, -0.1) is 0 Å². The van der Waals surface area contributed by atoms with E-state index in [1.54, 1.807) is 7.11 Å². The summed E-state index contributed by atoms with van der Waals surface area (Å²) in [6.07, 6.45) is 7.24. The molecule has 0 amide bonds. The number of hydrogen-bond donors (Lipinski definition) is 0. The summed E-state index contributed by atoms with van der Waals surface area (Å²) in [6.45, 7) is 18.7. The lowest BCUT2D eigenvalue weighted by Crippen LogP contribution is -2.25. The van der Waals surface area contributed by atoms with Crippen molar-refractivity contribution in [3.8, 4) is 5.75 Å². The minimum atomic E-state index is -1.20. The van der Waals surface area contributed by atoms with Crippen LogP contribution in [-0.4, -0.2) is 15.2 Å². The molecule has 0 spiro atoms. The molecule has 2 rings (SSSR count). The molecular formula is C22H34OSi. The lowest BCUT2D eigenvalue weighted by molar-refractivity contribution is 0.384. The number of rotatable bonds is 4. The predicted molar refractivity (Wildman–Crippen MR) is 109 cm³/mol. The van der Waals surface area contributed by atoms with E-state index in [2.05, 4.69) is 90.7 Å². The Morgan fingerprint density at radius 1 is 0.958 bits per heavy atom. The zero-order valence-electron chi connectivity index (χ0n) is 16.9. The number of methoxy groups -OCH3 is 1. The normalized spacial score (nSPS) is 18.7. The highest BCUT2D eigenvalue weighted by molar-refractivity contribution is 6.78. The monoisotopic (exact) mass is 342 g/mol. The van der Waals surface area contributed by atoms with E-state index in [4.69, 9.17) is 4.74 Å². The zero-order valence-corrected chi connectivity index (χ0v) is 17.9. The van der Waals surface area contributed by atoms with E-state index in [0.717, 1.165) is 5.75 Å². The first-order valence-electron chi connectivity index (χ1n) is 8.97. The minimum absolute atomic E-state index is 0.0580. The summed E-state index contributed by atoms with van der Waals surface area (Å²) in [7, 11) is 0.597. The Kier molecular flexibility index (Phi) is 4.93. The van der Waals surface area contributed by atoms with Crippen LogP contribution in [0, 0.1) is 0 Å². The lowest BCUT2D eigenvalue weighted by Gasteiger charge is -2.32. The van der Waals surface area contributed by atoms with Crippen LogP contribution in [0.15, 0.2) is 42.0 Å². The number of ether oxygens (including phenoxy) is 1. The molecule has 0 aliphatic heterocycles. The second-order valence-corrected chi connectivity index (χ2v) is 15.0. The molecule has 0 saturated carbocycles. The SMILES string of the molecule is COc1c(C(C)(C)C)cccc1C(C)(C)C1=CC([Si](C)(C)C)C=C1. The fraction of sp³-hybridized carbons (Fsp3) is 0.545. The molecule has 1 atom stereocenters. The second-order valence-electron chi connectivity index (χ2n) is 9.63. The summed E-state index contributed by atoms with van der Waals surface area (Å²) in [5, 5.41) is 0. The summed E-state index contributed by atoms with van der Waals surface area (Å²) in [5.74, 6) is 1.04. The molecule has 0 bridgehead atoms. The molecule has 1 aliphatic rings. The van der Waals surface area contributed by atoms with Gasteiger partial charge >= 0.3 is 0 Å². The smallest absolute Gasteiger partial charge is 0.126 e. The average molecular weight is 343 g/mol. The van der Waals surface area contributed by atoms with Crippen LogP contribution in [0.5, 0.6) is 5.75 Å². The lowest BCUT2D eigenvalue weighted by atomic mass is 9.74. The highest BCUT2D eigenvalue weighted by atomic mass is 28.3. The first-order valence-corrected chi connectivity index (χ1v) is 12.5. The van der Waals surface area contributed by atoms with E-state index in [9.17, 15) is 0 Å². The molecule has 0 fully saturated rings. The fourth-order valence-electron chi connectivity index (χ4n) is 3.46. The molecule has 1 nitrogen and oxygen atoms in total. The Bertz CT molecular complexity index is 666. The second kappa shape index (κ2) is 6.22. The molecule has 0 N–H and O–H groups in total. The fourth-order valence-corrected chi connectivity index (χ4v) is 4.82. The molecule has 1 aromatic carbocycles. The van der Waals surface area contributed by atoms with Gasteiger partial charge in [-0.25, -0.2) is 0 Å². The molecule has 2 heteroatoms. The van der Waals surface area contributed by atoms with Crippen LogP contribution >= 0.6 is 0 Å². The van der Waals surface area contributed by atoms with Gasteiger partial charge in [0.15, 0.2) is 0 Å². The van der Waals surface area contributed by atoms with Crippen molar-refractivity contribution < 1.29 is 4.74 Å². The van der Waals surface area contributed by atoms with Gasteiger partial charge in [0.25, 0.3) is 0 Å². The summed E-state index contributed by atoms with van der Waals surface area (Å²) < 4.78 is 5.90. The van der Waals surface area contributed by atoms with Crippen LogP contribution < -0.4 is 4.74 Å². The first kappa shape index (κ1) is 19.0. The van der Waals surface area contributed by atoms with Gasteiger partial charge in [-0.2, -0.15) is 0 Å². The summed E-state index contributed by atoms with van der Waals surface area (Å²) in [5.41, 5.74) is 4.61. The van der Waals surface area contributed by atoms with E-state index in [-0.39, 0.29) is 10.8 Å². The van der Waals surface area contributed by atoms with Crippen LogP contribution in [0.3, 0.4) is 0 Å². The Hall–Kier alpha value is -1.28. The predicted octanol–water partition coefficient (Wildman–Crippen LogP) is 6.47. The third-order valence-electron chi connectivity index (χ3n) is 5.26. The van der Waals surface area contributed by atoms with E-state index >= 15 is 0 Å². The van der Waals surface area contributed by atoms with Gasteiger partial charge in [0.05, 0.1) is 15.2 Å². The maximum absolute atomic E-state index is 5.90. The minimum Gasteiger partial charge on any atom is -0.496 e. The van der Waals surface area contributed by atoms with Crippen molar-refractivity contribution >= 4 is 8.07 Å². The van der Waals surface area contributed by atoms with Crippen molar-refractivity contribution in [2.45, 2.75) is 70.6 Å². The van der Waals surface area contributed by atoms with Crippen LogP contribution in [0.4, 0.5) is 0 Å². The first-order chi connectivity index (χ1) is 10.9. The van der Waals surface area contributed by atoms with Crippen LogP contribution in [0.2, 0.25) is 25.2 Å². The number of para-hydroxylation sites is 1. The Morgan fingerprint density at radius 3 is 2.00 bits per heavy atom. The highest BCUT2D eigenvalue weighted by Gasteiger charge is 2.34. The van der Waals surface area contributed by atoms with Crippen molar-refractivity contribution in [1.82, 2.24) is 0 Å². The van der Waals surface area contributed by atoms with Crippen LogP contribution in [-0.2, 0) is 10.8 Å². The van der Waals surface area contributed by atoms with Crippen molar-refractivity contribution in [2.24, 2.45) is 0 Å². The van der Waals surface area contributed by atoms with E-state index in [1.807, 2.05) is 0 Å². The number of hydrogen-bond acceptors (Lipinski definition) is 1. The third-order valence-corrected chi connectivity index (χ3v) is 7.62. The van der Waals surface area contributed by atoms with Gasteiger partial charge in [0.2, 0.25) is 0 Å². The molecule has 1 aliphatic carbocycles. The Morgan fingerprint density at radius 2 is 1.54 bits per heavy atom. The molecule has 0 heterocycles. The molecule has 1 unspecified atom stereocenters. The Balaban J connectivity index is 2.54. The van der Waals surface area contributed by atoms with E-state index in [1.165, 1.54) is 16.7 Å².